The Balaban J connectivity index is 1.89. The second-order valence-corrected chi connectivity index (χ2v) is 6.90. The normalized spacial score (nSPS) is 19.8. The summed E-state index contributed by atoms with van der Waals surface area (Å²) in [5.41, 5.74) is 2.74. The quantitative estimate of drug-likeness (QED) is 0.830. The first-order valence-corrected chi connectivity index (χ1v) is 8.10. The Morgan fingerprint density at radius 1 is 1.21 bits per heavy atom. The number of carboxylic acids is 1. The zero-order valence-electron chi connectivity index (χ0n) is 13.1. The van der Waals surface area contributed by atoms with E-state index in [9.17, 15) is 4.79 Å². The van der Waals surface area contributed by atoms with Crippen LogP contribution in [0.15, 0.2) is 41.6 Å². The maximum Gasteiger partial charge on any atom is 0.335 e. The number of benzene rings is 2. The van der Waals surface area contributed by atoms with Gasteiger partial charge in [-0.05, 0) is 55.3 Å². The van der Waals surface area contributed by atoms with E-state index in [0.29, 0.717) is 22.0 Å². The highest BCUT2D eigenvalue weighted by molar-refractivity contribution is 6.34. The molecule has 1 heterocycles. The number of carbonyl (C=O) groups is 1. The fourth-order valence-electron chi connectivity index (χ4n) is 2.79. The Morgan fingerprint density at radius 3 is 2.46 bits per heavy atom. The van der Waals surface area contributed by atoms with Crippen LogP contribution >= 0.6 is 23.2 Å². The molecular formula is C18H15Cl2NO3. The van der Waals surface area contributed by atoms with Crippen LogP contribution < -0.4 is 0 Å². The van der Waals surface area contributed by atoms with E-state index >= 15 is 0 Å². The van der Waals surface area contributed by atoms with E-state index in [2.05, 4.69) is 5.16 Å². The molecule has 1 aliphatic rings. The Labute approximate surface area is 149 Å². The summed E-state index contributed by atoms with van der Waals surface area (Å²) in [7, 11) is 0. The molecule has 124 valence electrons. The predicted molar refractivity (Wildman–Crippen MR) is 94.2 cm³/mol. The molecule has 2 aromatic rings. The van der Waals surface area contributed by atoms with Gasteiger partial charge in [0, 0.05) is 22.0 Å². The average molecular weight is 364 g/mol. The minimum atomic E-state index is -0.943. The van der Waals surface area contributed by atoms with Crippen LogP contribution in [0.25, 0.3) is 0 Å². The van der Waals surface area contributed by atoms with E-state index in [1.807, 2.05) is 25.1 Å². The lowest BCUT2D eigenvalue weighted by molar-refractivity contribution is -0.00737. The first kappa shape index (κ1) is 16.8. The summed E-state index contributed by atoms with van der Waals surface area (Å²) in [4.78, 5) is 16.8. The molecule has 1 atom stereocenters. The number of hydrogen-bond acceptors (Lipinski definition) is 3. The smallest absolute Gasteiger partial charge is 0.335 e. The molecule has 2 aromatic carbocycles. The fourth-order valence-corrected chi connectivity index (χ4v) is 3.32. The van der Waals surface area contributed by atoms with Crippen LogP contribution in [-0.2, 0) is 10.4 Å². The number of aryl methyl sites for hydroxylation is 1. The van der Waals surface area contributed by atoms with Gasteiger partial charge in [0.2, 0.25) is 0 Å². The van der Waals surface area contributed by atoms with Gasteiger partial charge in [0.25, 0.3) is 0 Å². The van der Waals surface area contributed by atoms with Crippen LogP contribution in [0.5, 0.6) is 0 Å². The highest BCUT2D eigenvalue weighted by Crippen LogP contribution is 2.38. The Hall–Kier alpha value is -2.04. The van der Waals surface area contributed by atoms with Crippen LogP contribution in [0.1, 0.15) is 40.4 Å². The molecular weight excluding hydrogens is 349 g/mol. The second kappa shape index (κ2) is 6.11. The summed E-state index contributed by atoms with van der Waals surface area (Å²) in [5, 5.41) is 14.4. The zero-order chi connectivity index (χ0) is 17.5. The van der Waals surface area contributed by atoms with Crippen molar-refractivity contribution in [3.63, 3.8) is 0 Å². The minimum absolute atomic E-state index is 0.280. The van der Waals surface area contributed by atoms with Gasteiger partial charge < -0.3 is 9.94 Å². The van der Waals surface area contributed by atoms with Gasteiger partial charge in [-0.3, -0.25) is 0 Å². The number of halogens is 2. The molecule has 1 aliphatic heterocycles. The first-order valence-electron chi connectivity index (χ1n) is 7.34. The molecule has 0 spiro atoms. The molecule has 3 rings (SSSR count). The summed E-state index contributed by atoms with van der Waals surface area (Å²) in [6.07, 6.45) is 0.537. The van der Waals surface area contributed by atoms with Crippen molar-refractivity contribution in [1.82, 2.24) is 0 Å². The summed E-state index contributed by atoms with van der Waals surface area (Å²) >= 11 is 12.2. The molecule has 0 bridgehead atoms. The number of carboxylic acid groups (broad SMARTS) is 1. The highest BCUT2D eigenvalue weighted by atomic mass is 35.5. The molecule has 0 aliphatic carbocycles. The van der Waals surface area contributed by atoms with E-state index < -0.39 is 11.6 Å². The van der Waals surface area contributed by atoms with E-state index in [-0.39, 0.29) is 5.56 Å². The third-order valence-corrected chi connectivity index (χ3v) is 4.56. The maximum atomic E-state index is 11.1. The number of oxime groups is 1. The van der Waals surface area contributed by atoms with Crippen LogP contribution in [-0.4, -0.2) is 16.8 Å². The van der Waals surface area contributed by atoms with Crippen LogP contribution in [0.2, 0.25) is 10.0 Å². The summed E-state index contributed by atoms with van der Waals surface area (Å²) in [5.74, 6) is -0.943. The fraction of sp³-hybridized carbons (Fsp3) is 0.222. The number of hydrogen-bond donors (Lipinski definition) is 1. The molecule has 0 unspecified atom stereocenters. The number of nitrogens with zero attached hydrogens (tertiary/aromatic N) is 1. The van der Waals surface area contributed by atoms with Gasteiger partial charge in [-0.2, -0.15) is 0 Å². The van der Waals surface area contributed by atoms with Crippen molar-refractivity contribution in [2.75, 3.05) is 0 Å². The van der Waals surface area contributed by atoms with Crippen molar-refractivity contribution in [1.29, 1.82) is 0 Å². The van der Waals surface area contributed by atoms with Gasteiger partial charge in [0.1, 0.15) is 0 Å². The molecule has 0 radical (unpaired) electrons. The molecule has 0 saturated carbocycles. The van der Waals surface area contributed by atoms with Crippen LogP contribution in [0.3, 0.4) is 0 Å². The molecule has 0 aromatic heterocycles. The van der Waals surface area contributed by atoms with Crippen molar-refractivity contribution in [2.24, 2.45) is 5.16 Å². The van der Waals surface area contributed by atoms with E-state index in [0.717, 1.165) is 16.8 Å². The summed E-state index contributed by atoms with van der Waals surface area (Å²) < 4.78 is 0. The van der Waals surface area contributed by atoms with Gasteiger partial charge in [-0.15, -0.1) is 0 Å². The molecule has 1 N–H and O–H groups in total. The Bertz CT molecular complexity index is 843. The Kier molecular flexibility index (Phi) is 4.28. The lowest BCUT2D eigenvalue weighted by Crippen LogP contribution is -2.22. The largest absolute Gasteiger partial charge is 0.478 e. The molecule has 0 fully saturated rings. The average Bonchev–Trinajstić information content (AvgIpc) is 2.90. The van der Waals surface area contributed by atoms with Gasteiger partial charge in [-0.25, -0.2) is 4.79 Å². The van der Waals surface area contributed by atoms with Gasteiger partial charge in [0.15, 0.2) is 5.60 Å². The van der Waals surface area contributed by atoms with E-state index in [4.69, 9.17) is 33.1 Å². The van der Waals surface area contributed by atoms with Crippen LogP contribution in [0.4, 0.5) is 0 Å². The molecule has 24 heavy (non-hydrogen) atoms. The standard InChI is InChI=1S/C18H15Cl2NO3/c1-10-5-11(3-4-15(10)17(22)23)16-9-18(2,24-21-16)12-6-13(19)8-14(20)7-12/h3-8H,9H2,1-2H3,(H,22,23)/t18-/m1/s1. The zero-order valence-corrected chi connectivity index (χ0v) is 14.6. The van der Waals surface area contributed by atoms with Crippen molar-refractivity contribution >= 4 is 34.9 Å². The topological polar surface area (TPSA) is 58.9 Å². The number of aromatic carboxylic acids is 1. The summed E-state index contributed by atoms with van der Waals surface area (Å²) in [6, 6.07) is 10.4. The minimum Gasteiger partial charge on any atom is -0.478 e. The highest BCUT2D eigenvalue weighted by Gasteiger charge is 2.37. The van der Waals surface area contributed by atoms with Crippen molar-refractivity contribution < 1.29 is 14.7 Å². The van der Waals surface area contributed by atoms with E-state index in [1.54, 1.807) is 25.1 Å². The van der Waals surface area contributed by atoms with E-state index in [1.165, 1.54) is 0 Å². The van der Waals surface area contributed by atoms with Crippen molar-refractivity contribution in [3.8, 4) is 0 Å². The Morgan fingerprint density at radius 2 is 1.88 bits per heavy atom. The van der Waals surface area contributed by atoms with Gasteiger partial charge >= 0.3 is 5.97 Å². The monoisotopic (exact) mass is 363 g/mol. The number of rotatable bonds is 3. The SMILES string of the molecule is Cc1cc(C2=NO[C@@](C)(c3cc(Cl)cc(Cl)c3)C2)ccc1C(=O)O. The predicted octanol–water partition coefficient (Wildman–Crippen LogP) is 5.04. The van der Waals surface area contributed by atoms with Crippen molar-refractivity contribution in [2.45, 2.75) is 25.9 Å². The third-order valence-electron chi connectivity index (χ3n) is 4.13. The third kappa shape index (κ3) is 3.12. The van der Waals surface area contributed by atoms with Gasteiger partial charge in [0.05, 0.1) is 11.3 Å². The summed E-state index contributed by atoms with van der Waals surface area (Å²) in [6.45, 7) is 3.68. The molecule has 0 amide bonds. The molecule has 4 nitrogen and oxygen atoms in total. The molecule has 0 saturated heterocycles. The van der Waals surface area contributed by atoms with Gasteiger partial charge in [-0.1, -0.05) is 34.4 Å². The second-order valence-electron chi connectivity index (χ2n) is 6.03. The van der Waals surface area contributed by atoms with Crippen LogP contribution in [0, 0.1) is 6.92 Å². The van der Waals surface area contributed by atoms with Crippen molar-refractivity contribution in [3.05, 3.63) is 68.7 Å². The lowest BCUT2D eigenvalue weighted by Gasteiger charge is -2.22. The molecule has 6 heteroatoms. The lowest BCUT2D eigenvalue weighted by atomic mass is 9.88. The first-order chi connectivity index (χ1) is 11.3. The maximum absolute atomic E-state index is 11.1.